The molecule has 1 aromatic rings. The molecule has 1 heterocycles. The second kappa shape index (κ2) is 2.20. The molecule has 0 saturated heterocycles. The molecule has 0 radical (unpaired) electrons. The molecule has 0 aromatic carbocycles. The lowest BCUT2D eigenvalue weighted by Gasteiger charge is -1.77. The van der Waals surface area contributed by atoms with E-state index in [1.54, 1.807) is 6.08 Å². The van der Waals surface area contributed by atoms with Gasteiger partial charge in [-0.05, 0) is 10.4 Å². The van der Waals surface area contributed by atoms with Crippen LogP contribution in [0.25, 0.3) is 0 Å². The molecule has 42 valence electrons. The summed E-state index contributed by atoms with van der Waals surface area (Å²) in [6, 6.07) is 0. The molecule has 0 fully saturated rings. The van der Waals surface area contributed by atoms with Crippen LogP contribution in [0.15, 0.2) is 12.7 Å². The van der Waals surface area contributed by atoms with Crippen LogP contribution in [-0.2, 0) is 6.42 Å². The Bertz CT molecular complexity index is 155. The van der Waals surface area contributed by atoms with Gasteiger partial charge in [0.2, 0.25) is 0 Å². The first-order valence-electron chi connectivity index (χ1n) is 2.27. The zero-order valence-electron chi connectivity index (χ0n) is 4.33. The van der Waals surface area contributed by atoms with Crippen LogP contribution in [0.4, 0.5) is 0 Å². The van der Waals surface area contributed by atoms with Gasteiger partial charge in [-0.25, -0.2) is 5.10 Å². The van der Waals surface area contributed by atoms with E-state index in [0.717, 1.165) is 5.82 Å². The minimum atomic E-state index is 0.701. The van der Waals surface area contributed by atoms with Gasteiger partial charge in [0.1, 0.15) is 0 Å². The van der Waals surface area contributed by atoms with Crippen LogP contribution in [0.1, 0.15) is 5.82 Å². The van der Waals surface area contributed by atoms with Gasteiger partial charge in [0.15, 0.2) is 5.82 Å². The molecular weight excluding hydrogens is 104 g/mol. The predicted molar refractivity (Wildman–Crippen MR) is 28.1 cm³/mol. The van der Waals surface area contributed by atoms with Gasteiger partial charge in [-0.2, -0.15) is 0 Å². The molecule has 1 N–H and O–H groups in total. The quantitative estimate of drug-likeness (QED) is 0.542. The highest BCUT2D eigenvalue weighted by molar-refractivity contribution is 4.85. The summed E-state index contributed by atoms with van der Waals surface area (Å²) in [7, 11) is 0. The van der Waals surface area contributed by atoms with E-state index < -0.39 is 0 Å². The number of H-pyrrole nitrogens is 1. The van der Waals surface area contributed by atoms with Crippen molar-refractivity contribution in [3.8, 4) is 0 Å². The molecule has 0 aliphatic carbocycles. The minimum absolute atomic E-state index is 0.701. The van der Waals surface area contributed by atoms with Gasteiger partial charge >= 0.3 is 0 Å². The topological polar surface area (TPSA) is 54.5 Å². The molecule has 0 saturated carbocycles. The number of allylic oxidation sites excluding steroid dienone is 1. The number of tetrazole rings is 1. The molecule has 0 amide bonds. The maximum absolute atomic E-state index is 3.62. The van der Waals surface area contributed by atoms with E-state index in [9.17, 15) is 0 Å². The number of hydrogen-bond acceptors (Lipinski definition) is 3. The average Bonchev–Trinajstić information content (AvgIpc) is 2.19. The lowest BCUT2D eigenvalue weighted by molar-refractivity contribution is 0.881. The van der Waals surface area contributed by atoms with Crippen molar-refractivity contribution in [2.45, 2.75) is 6.42 Å². The van der Waals surface area contributed by atoms with Crippen molar-refractivity contribution in [3.63, 3.8) is 0 Å². The summed E-state index contributed by atoms with van der Waals surface area (Å²) >= 11 is 0. The third kappa shape index (κ3) is 0.900. The van der Waals surface area contributed by atoms with Crippen LogP contribution >= 0.6 is 0 Å². The predicted octanol–water partition coefficient (Wildman–Crippen LogP) is -0.0718. The fourth-order valence-electron chi connectivity index (χ4n) is 0.402. The zero-order chi connectivity index (χ0) is 5.82. The summed E-state index contributed by atoms with van der Waals surface area (Å²) < 4.78 is 0. The van der Waals surface area contributed by atoms with Gasteiger partial charge in [-0.3, -0.25) is 0 Å². The Morgan fingerprint density at radius 2 is 2.62 bits per heavy atom. The highest BCUT2D eigenvalue weighted by atomic mass is 15.5. The molecule has 0 aliphatic heterocycles. The minimum Gasteiger partial charge on any atom is -0.243 e. The second-order valence-electron chi connectivity index (χ2n) is 1.34. The fraction of sp³-hybridized carbons (Fsp3) is 0.250. The Balaban J connectivity index is 2.62. The summed E-state index contributed by atoms with van der Waals surface area (Å²) in [5.41, 5.74) is 0. The summed E-state index contributed by atoms with van der Waals surface area (Å²) in [4.78, 5) is 0. The summed E-state index contributed by atoms with van der Waals surface area (Å²) in [5, 5.41) is 13.0. The number of nitrogens with zero attached hydrogens (tertiary/aromatic N) is 3. The van der Waals surface area contributed by atoms with Crippen molar-refractivity contribution in [2.24, 2.45) is 0 Å². The fourth-order valence-corrected chi connectivity index (χ4v) is 0.402. The molecule has 0 aliphatic rings. The first-order chi connectivity index (χ1) is 3.93. The molecular formula is C4H6N4. The summed E-state index contributed by atoms with van der Waals surface area (Å²) in [5.74, 6) is 0.750. The summed E-state index contributed by atoms with van der Waals surface area (Å²) in [6.45, 7) is 3.52. The molecule has 1 aromatic heterocycles. The van der Waals surface area contributed by atoms with E-state index >= 15 is 0 Å². The highest BCUT2D eigenvalue weighted by Crippen LogP contribution is 1.83. The lowest BCUT2D eigenvalue weighted by Crippen LogP contribution is -1.82. The van der Waals surface area contributed by atoms with Gasteiger partial charge in [-0.15, -0.1) is 11.7 Å². The molecule has 0 unspecified atom stereocenters. The normalized spacial score (nSPS) is 9.00. The first-order valence-corrected chi connectivity index (χ1v) is 2.27. The number of aromatic nitrogens is 4. The monoisotopic (exact) mass is 110 g/mol. The molecule has 1 rings (SSSR count). The van der Waals surface area contributed by atoms with Crippen LogP contribution in [0.2, 0.25) is 0 Å². The number of nitrogens with one attached hydrogen (secondary N) is 1. The molecule has 0 bridgehead atoms. The van der Waals surface area contributed by atoms with Gasteiger partial charge in [0, 0.05) is 6.42 Å². The second-order valence-corrected chi connectivity index (χ2v) is 1.34. The molecule has 0 atom stereocenters. The Morgan fingerprint density at radius 3 is 3.12 bits per heavy atom. The third-order valence-corrected chi connectivity index (χ3v) is 0.727. The molecule has 4 heteroatoms. The largest absolute Gasteiger partial charge is 0.243 e. The highest BCUT2D eigenvalue weighted by Gasteiger charge is 1.88. The van der Waals surface area contributed by atoms with Crippen molar-refractivity contribution in [1.82, 2.24) is 20.6 Å². The van der Waals surface area contributed by atoms with E-state index in [0.29, 0.717) is 6.42 Å². The average molecular weight is 110 g/mol. The van der Waals surface area contributed by atoms with E-state index in [-0.39, 0.29) is 0 Å². The van der Waals surface area contributed by atoms with Gasteiger partial charge < -0.3 is 0 Å². The number of rotatable bonds is 2. The Labute approximate surface area is 46.6 Å². The number of aromatic amines is 1. The maximum atomic E-state index is 3.62. The summed E-state index contributed by atoms with van der Waals surface area (Å²) in [6.07, 6.45) is 2.44. The van der Waals surface area contributed by atoms with Gasteiger partial charge in [0.25, 0.3) is 0 Å². The van der Waals surface area contributed by atoms with Crippen molar-refractivity contribution >= 4 is 0 Å². The van der Waals surface area contributed by atoms with Crippen LogP contribution < -0.4 is 0 Å². The van der Waals surface area contributed by atoms with Gasteiger partial charge in [0.05, 0.1) is 0 Å². The molecule has 8 heavy (non-hydrogen) atoms. The molecule has 0 spiro atoms. The SMILES string of the molecule is C=CCc1nnn[nH]1. The van der Waals surface area contributed by atoms with Gasteiger partial charge in [-0.1, -0.05) is 6.08 Å². The van der Waals surface area contributed by atoms with E-state index in [1.807, 2.05) is 0 Å². The van der Waals surface area contributed by atoms with Crippen molar-refractivity contribution in [3.05, 3.63) is 18.5 Å². The Kier molecular flexibility index (Phi) is 1.37. The van der Waals surface area contributed by atoms with Crippen LogP contribution in [0.3, 0.4) is 0 Å². The first kappa shape index (κ1) is 4.96. The Morgan fingerprint density at radius 1 is 1.75 bits per heavy atom. The smallest absolute Gasteiger partial charge is 0.152 e. The van der Waals surface area contributed by atoms with Crippen LogP contribution in [0.5, 0.6) is 0 Å². The number of hydrogen-bond donors (Lipinski definition) is 1. The van der Waals surface area contributed by atoms with E-state index in [1.165, 1.54) is 0 Å². The third-order valence-electron chi connectivity index (χ3n) is 0.727. The van der Waals surface area contributed by atoms with Crippen LogP contribution in [0, 0.1) is 0 Å². The zero-order valence-corrected chi connectivity index (χ0v) is 4.33. The Hall–Kier alpha value is -1.19. The lowest BCUT2D eigenvalue weighted by atomic mass is 10.4. The molecule has 4 nitrogen and oxygen atoms in total. The van der Waals surface area contributed by atoms with E-state index in [4.69, 9.17) is 0 Å². The maximum Gasteiger partial charge on any atom is 0.152 e. The standard InChI is InChI=1S/C4H6N4/c1-2-3-4-5-7-8-6-4/h2H,1,3H2,(H,5,6,7,8). The van der Waals surface area contributed by atoms with Crippen molar-refractivity contribution < 1.29 is 0 Å². The van der Waals surface area contributed by atoms with Crippen LogP contribution in [-0.4, -0.2) is 20.6 Å². The van der Waals surface area contributed by atoms with Crippen molar-refractivity contribution in [2.75, 3.05) is 0 Å². The van der Waals surface area contributed by atoms with Crippen molar-refractivity contribution in [1.29, 1.82) is 0 Å². The van der Waals surface area contributed by atoms with E-state index in [2.05, 4.69) is 27.2 Å².